The molecule has 0 fully saturated rings. The van der Waals surface area contributed by atoms with Crippen molar-refractivity contribution in [3.05, 3.63) is 67.0 Å². The molecule has 0 saturated carbocycles. The third-order valence-corrected chi connectivity index (χ3v) is 5.90. The van der Waals surface area contributed by atoms with Crippen LogP contribution in [-0.2, 0) is 4.79 Å². The number of hydrogen-bond donors (Lipinski definition) is 1. The normalized spacial score (nSPS) is 10.6. The quantitative estimate of drug-likeness (QED) is 0.324. The van der Waals surface area contributed by atoms with Crippen molar-refractivity contribution in [2.75, 3.05) is 31.9 Å². The largest absolute Gasteiger partial charge is 0.497 e. The van der Waals surface area contributed by atoms with E-state index in [-0.39, 0.29) is 11.7 Å². The van der Waals surface area contributed by atoms with Crippen molar-refractivity contribution in [3.63, 3.8) is 0 Å². The summed E-state index contributed by atoms with van der Waals surface area (Å²) in [5, 5.41) is 12.2. The molecule has 0 spiro atoms. The zero-order valence-electron chi connectivity index (χ0n) is 19.6. The molecule has 35 heavy (non-hydrogen) atoms. The summed E-state index contributed by atoms with van der Waals surface area (Å²) in [6.07, 6.45) is 3.43. The fourth-order valence-corrected chi connectivity index (χ4v) is 4.11. The predicted octanol–water partition coefficient (Wildman–Crippen LogP) is 4.48. The highest BCUT2D eigenvalue weighted by Gasteiger charge is 2.18. The van der Waals surface area contributed by atoms with Gasteiger partial charge in [0.2, 0.25) is 5.91 Å². The SMILES string of the molecule is CCOc1ccc(-n2c(SCC(=O)Nc3ccc(OC)cc3OC)nnc2-c2cccnc2)cc1. The van der Waals surface area contributed by atoms with Crippen LogP contribution in [0.1, 0.15) is 6.92 Å². The first-order chi connectivity index (χ1) is 17.1. The first-order valence-corrected chi connectivity index (χ1v) is 11.8. The Bertz CT molecular complexity index is 1280. The van der Waals surface area contributed by atoms with Crippen molar-refractivity contribution in [2.45, 2.75) is 12.1 Å². The maximum absolute atomic E-state index is 12.7. The molecule has 0 radical (unpaired) electrons. The molecule has 0 aliphatic rings. The predicted molar refractivity (Wildman–Crippen MR) is 135 cm³/mol. The molecular formula is C25H25N5O4S. The Kier molecular flexibility index (Phi) is 7.84. The van der Waals surface area contributed by atoms with E-state index in [1.807, 2.05) is 47.9 Å². The Hall–Kier alpha value is -4.05. The molecule has 10 heteroatoms. The van der Waals surface area contributed by atoms with E-state index >= 15 is 0 Å². The van der Waals surface area contributed by atoms with Crippen molar-refractivity contribution in [3.8, 4) is 34.3 Å². The molecule has 2 aromatic heterocycles. The minimum Gasteiger partial charge on any atom is -0.497 e. The number of thioether (sulfide) groups is 1. The number of ether oxygens (including phenoxy) is 3. The molecule has 4 aromatic rings. The van der Waals surface area contributed by atoms with Gasteiger partial charge in [-0.1, -0.05) is 11.8 Å². The van der Waals surface area contributed by atoms with Crippen LogP contribution in [-0.4, -0.2) is 52.2 Å². The van der Waals surface area contributed by atoms with Crippen LogP contribution in [0.3, 0.4) is 0 Å². The van der Waals surface area contributed by atoms with Crippen LogP contribution in [0.25, 0.3) is 17.1 Å². The number of anilines is 1. The summed E-state index contributed by atoms with van der Waals surface area (Å²) >= 11 is 1.28. The third kappa shape index (κ3) is 5.72. The maximum Gasteiger partial charge on any atom is 0.234 e. The Morgan fingerprint density at radius 1 is 1.03 bits per heavy atom. The molecular weight excluding hydrogens is 466 g/mol. The van der Waals surface area contributed by atoms with Crippen LogP contribution in [0, 0.1) is 0 Å². The Morgan fingerprint density at radius 2 is 1.83 bits per heavy atom. The lowest BCUT2D eigenvalue weighted by Crippen LogP contribution is -2.15. The highest BCUT2D eigenvalue weighted by atomic mass is 32.2. The van der Waals surface area contributed by atoms with Crippen molar-refractivity contribution in [2.24, 2.45) is 0 Å². The highest BCUT2D eigenvalue weighted by Crippen LogP contribution is 2.31. The lowest BCUT2D eigenvalue weighted by Gasteiger charge is -2.13. The molecule has 0 saturated heterocycles. The van der Waals surface area contributed by atoms with Crippen LogP contribution in [0.2, 0.25) is 0 Å². The summed E-state index contributed by atoms with van der Waals surface area (Å²) in [5.41, 5.74) is 2.22. The molecule has 2 aromatic carbocycles. The number of aromatic nitrogens is 4. The van der Waals surface area contributed by atoms with Crippen molar-refractivity contribution >= 4 is 23.4 Å². The number of hydrogen-bond acceptors (Lipinski definition) is 8. The second-order valence-electron chi connectivity index (χ2n) is 7.21. The van der Waals surface area contributed by atoms with Gasteiger partial charge < -0.3 is 19.5 Å². The molecule has 2 heterocycles. The number of carbonyl (C=O) groups is 1. The van der Waals surface area contributed by atoms with E-state index in [0.29, 0.717) is 34.8 Å². The standard InChI is InChI=1S/C25H25N5O4S/c1-4-34-19-9-7-18(8-10-19)30-24(17-6-5-13-26-15-17)28-29-25(30)35-16-23(31)27-21-12-11-20(32-2)14-22(21)33-3/h5-15H,4,16H2,1-3H3,(H,27,31). The van der Waals surface area contributed by atoms with Gasteiger partial charge in [0, 0.05) is 29.7 Å². The van der Waals surface area contributed by atoms with Gasteiger partial charge >= 0.3 is 0 Å². The van der Waals surface area contributed by atoms with Crippen LogP contribution >= 0.6 is 11.8 Å². The zero-order chi connectivity index (χ0) is 24.6. The van der Waals surface area contributed by atoms with Gasteiger partial charge in [-0.15, -0.1) is 10.2 Å². The summed E-state index contributed by atoms with van der Waals surface area (Å²) in [6, 6.07) is 16.6. The summed E-state index contributed by atoms with van der Waals surface area (Å²) in [7, 11) is 3.11. The van der Waals surface area contributed by atoms with E-state index < -0.39 is 0 Å². The topological polar surface area (TPSA) is 100 Å². The number of benzene rings is 2. The molecule has 180 valence electrons. The number of nitrogens with one attached hydrogen (secondary N) is 1. The molecule has 9 nitrogen and oxygen atoms in total. The minimum absolute atomic E-state index is 0.122. The van der Waals surface area contributed by atoms with Gasteiger partial charge in [0.25, 0.3) is 0 Å². The summed E-state index contributed by atoms with van der Waals surface area (Å²) in [6.45, 7) is 2.53. The van der Waals surface area contributed by atoms with Gasteiger partial charge in [-0.25, -0.2) is 0 Å². The second kappa shape index (κ2) is 11.4. The molecule has 1 N–H and O–H groups in total. The maximum atomic E-state index is 12.7. The third-order valence-electron chi connectivity index (χ3n) is 4.97. The van der Waals surface area contributed by atoms with Crippen LogP contribution in [0.15, 0.2) is 72.1 Å². The number of pyridine rings is 1. The molecule has 0 bridgehead atoms. The number of amides is 1. The Morgan fingerprint density at radius 3 is 2.51 bits per heavy atom. The zero-order valence-corrected chi connectivity index (χ0v) is 20.4. The fourth-order valence-electron chi connectivity index (χ4n) is 3.35. The fraction of sp³-hybridized carbons (Fsp3) is 0.200. The Labute approximate surface area is 207 Å². The molecule has 4 rings (SSSR count). The van der Waals surface area contributed by atoms with E-state index in [4.69, 9.17) is 14.2 Å². The van der Waals surface area contributed by atoms with Gasteiger partial charge in [0.15, 0.2) is 11.0 Å². The van der Waals surface area contributed by atoms with Gasteiger partial charge in [-0.2, -0.15) is 0 Å². The highest BCUT2D eigenvalue weighted by molar-refractivity contribution is 7.99. The molecule has 1 amide bonds. The summed E-state index contributed by atoms with van der Waals surface area (Å²) in [5.74, 6) is 2.47. The van der Waals surface area contributed by atoms with E-state index in [0.717, 1.165) is 17.0 Å². The van der Waals surface area contributed by atoms with Crippen LogP contribution < -0.4 is 19.5 Å². The monoisotopic (exact) mass is 491 g/mol. The lowest BCUT2D eigenvalue weighted by molar-refractivity contribution is -0.113. The lowest BCUT2D eigenvalue weighted by atomic mass is 10.2. The van der Waals surface area contributed by atoms with Crippen molar-refractivity contribution < 1.29 is 19.0 Å². The number of nitrogens with zero attached hydrogens (tertiary/aromatic N) is 4. The van der Waals surface area contributed by atoms with E-state index in [2.05, 4.69) is 20.5 Å². The first-order valence-electron chi connectivity index (χ1n) is 10.9. The van der Waals surface area contributed by atoms with Crippen LogP contribution in [0.4, 0.5) is 5.69 Å². The summed E-state index contributed by atoms with van der Waals surface area (Å²) < 4.78 is 18.0. The number of rotatable bonds is 10. The van der Waals surface area contributed by atoms with E-state index in [9.17, 15) is 4.79 Å². The van der Waals surface area contributed by atoms with Crippen molar-refractivity contribution in [1.82, 2.24) is 19.7 Å². The second-order valence-corrected chi connectivity index (χ2v) is 8.16. The van der Waals surface area contributed by atoms with Gasteiger partial charge in [0.05, 0.1) is 32.3 Å². The van der Waals surface area contributed by atoms with Gasteiger partial charge in [-0.05, 0) is 55.5 Å². The molecule has 0 atom stereocenters. The molecule has 0 aliphatic carbocycles. The average molecular weight is 492 g/mol. The summed E-state index contributed by atoms with van der Waals surface area (Å²) in [4.78, 5) is 16.9. The van der Waals surface area contributed by atoms with E-state index in [1.165, 1.54) is 11.8 Å². The smallest absolute Gasteiger partial charge is 0.234 e. The van der Waals surface area contributed by atoms with E-state index in [1.54, 1.807) is 44.8 Å². The number of carbonyl (C=O) groups excluding carboxylic acids is 1. The Balaban J connectivity index is 1.57. The number of methoxy groups -OCH3 is 2. The molecule has 0 aliphatic heterocycles. The van der Waals surface area contributed by atoms with Gasteiger partial charge in [-0.3, -0.25) is 14.3 Å². The van der Waals surface area contributed by atoms with Crippen LogP contribution in [0.5, 0.6) is 17.2 Å². The van der Waals surface area contributed by atoms with Gasteiger partial charge in [0.1, 0.15) is 17.2 Å². The minimum atomic E-state index is -0.206. The van der Waals surface area contributed by atoms with Crippen molar-refractivity contribution in [1.29, 1.82) is 0 Å². The molecule has 0 unspecified atom stereocenters. The average Bonchev–Trinajstić information content (AvgIpc) is 3.33. The first kappa shape index (κ1) is 24.1.